The largest absolute Gasteiger partial charge is 0.478 e. The van der Waals surface area contributed by atoms with Crippen LogP contribution in [0.1, 0.15) is 10.4 Å². The molecule has 0 atom stereocenters. The highest BCUT2D eigenvalue weighted by atomic mass is 79.9. The fourth-order valence-corrected chi connectivity index (χ4v) is 2.03. The van der Waals surface area contributed by atoms with Crippen molar-refractivity contribution in [2.24, 2.45) is 0 Å². The number of aromatic carboxylic acids is 1. The monoisotopic (exact) mass is 334 g/mol. The third kappa shape index (κ3) is 3.58. The van der Waals surface area contributed by atoms with E-state index >= 15 is 0 Å². The third-order valence-corrected chi connectivity index (χ3v) is 2.98. The number of rotatable bonds is 3. The molecule has 0 aliphatic heterocycles. The molecule has 0 aliphatic rings. The van der Waals surface area contributed by atoms with E-state index in [2.05, 4.69) is 26.6 Å². The number of para-hydroxylation sites is 1. The number of hydrogen-bond acceptors (Lipinski definition) is 2. The van der Waals surface area contributed by atoms with Gasteiger partial charge in [0, 0.05) is 10.2 Å². The highest BCUT2D eigenvalue weighted by Gasteiger charge is 2.11. The molecule has 0 radical (unpaired) electrons. The van der Waals surface area contributed by atoms with E-state index in [1.807, 2.05) is 6.07 Å². The highest BCUT2D eigenvalue weighted by molar-refractivity contribution is 9.10. The molecule has 0 heterocycles. The first kappa shape index (κ1) is 14.1. The number of carbonyl (C=O) groups excluding carboxylic acids is 1. The maximum absolute atomic E-state index is 11.8. The number of halogens is 1. The van der Waals surface area contributed by atoms with Gasteiger partial charge in [0.25, 0.3) is 0 Å². The lowest BCUT2D eigenvalue weighted by Gasteiger charge is -2.09. The number of amides is 2. The van der Waals surface area contributed by atoms with Crippen LogP contribution in [0.15, 0.2) is 53.0 Å². The van der Waals surface area contributed by atoms with Crippen molar-refractivity contribution in [2.75, 3.05) is 10.6 Å². The van der Waals surface area contributed by atoms with Crippen LogP contribution < -0.4 is 10.6 Å². The molecule has 0 aromatic heterocycles. The zero-order valence-corrected chi connectivity index (χ0v) is 11.8. The lowest BCUT2D eigenvalue weighted by molar-refractivity contribution is 0.0698. The summed E-state index contributed by atoms with van der Waals surface area (Å²) in [5.41, 5.74) is 0.883. The molecule has 6 heteroatoms. The van der Waals surface area contributed by atoms with E-state index in [9.17, 15) is 9.59 Å². The van der Waals surface area contributed by atoms with Crippen LogP contribution in [0.25, 0.3) is 0 Å². The summed E-state index contributed by atoms with van der Waals surface area (Å²) in [4.78, 5) is 22.9. The number of benzene rings is 2. The molecule has 2 aromatic carbocycles. The van der Waals surface area contributed by atoms with Crippen LogP contribution >= 0.6 is 15.9 Å². The number of carboxylic acids is 1. The summed E-state index contributed by atoms with van der Waals surface area (Å²) in [6.45, 7) is 0. The third-order valence-electron chi connectivity index (χ3n) is 2.49. The molecule has 0 spiro atoms. The van der Waals surface area contributed by atoms with Gasteiger partial charge in [0.15, 0.2) is 0 Å². The van der Waals surface area contributed by atoms with Gasteiger partial charge in [0.2, 0.25) is 0 Å². The van der Waals surface area contributed by atoms with Crippen LogP contribution in [0.4, 0.5) is 16.2 Å². The maximum Gasteiger partial charge on any atom is 0.337 e. The van der Waals surface area contributed by atoms with E-state index in [1.165, 1.54) is 12.1 Å². The van der Waals surface area contributed by atoms with Crippen molar-refractivity contribution in [1.82, 2.24) is 0 Å². The van der Waals surface area contributed by atoms with E-state index in [4.69, 9.17) is 5.11 Å². The normalized spacial score (nSPS) is 9.85. The Bertz CT molecular complexity index is 658. The summed E-state index contributed by atoms with van der Waals surface area (Å²) in [5, 5.41) is 14.2. The molecular weight excluding hydrogens is 324 g/mol. The smallest absolute Gasteiger partial charge is 0.337 e. The summed E-state index contributed by atoms with van der Waals surface area (Å²) in [6, 6.07) is 12.8. The van der Waals surface area contributed by atoms with Gasteiger partial charge in [0.1, 0.15) is 0 Å². The maximum atomic E-state index is 11.8. The van der Waals surface area contributed by atoms with Crippen molar-refractivity contribution < 1.29 is 14.7 Å². The van der Waals surface area contributed by atoms with Crippen LogP contribution in [0.3, 0.4) is 0 Å². The second-order valence-corrected chi connectivity index (χ2v) is 4.86. The topological polar surface area (TPSA) is 78.4 Å². The second kappa shape index (κ2) is 6.21. The van der Waals surface area contributed by atoms with Crippen LogP contribution in [0.5, 0.6) is 0 Å². The van der Waals surface area contributed by atoms with Crippen molar-refractivity contribution in [3.8, 4) is 0 Å². The second-order valence-electron chi connectivity index (χ2n) is 3.94. The number of anilines is 2. The van der Waals surface area contributed by atoms with E-state index in [0.717, 1.165) is 4.47 Å². The average Bonchev–Trinajstić information content (AvgIpc) is 2.38. The summed E-state index contributed by atoms with van der Waals surface area (Å²) in [5.74, 6) is -1.09. The Morgan fingerprint density at radius 2 is 1.75 bits per heavy atom. The quantitative estimate of drug-likeness (QED) is 0.798. The highest BCUT2D eigenvalue weighted by Crippen LogP contribution is 2.18. The van der Waals surface area contributed by atoms with Gasteiger partial charge < -0.3 is 15.7 Å². The zero-order valence-electron chi connectivity index (χ0n) is 10.3. The molecule has 0 unspecified atom stereocenters. The molecular formula is C14H11BrN2O3. The van der Waals surface area contributed by atoms with Gasteiger partial charge in [-0.05, 0) is 30.3 Å². The van der Waals surface area contributed by atoms with Crippen molar-refractivity contribution in [3.63, 3.8) is 0 Å². The number of carboxylic acid groups (broad SMARTS) is 1. The molecule has 0 saturated heterocycles. The standard InChI is InChI=1S/C14H11BrN2O3/c15-9-4-3-5-10(8-9)16-14(20)17-12-7-2-1-6-11(12)13(18)19/h1-8H,(H,18,19)(H2,16,17,20). The van der Waals surface area contributed by atoms with Crippen LogP contribution in [-0.4, -0.2) is 17.1 Å². The van der Waals surface area contributed by atoms with Gasteiger partial charge in [-0.2, -0.15) is 0 Å². The Kier molecular flexibility index (Phi) is 4.37. The first-order valence-corrected chi connectivity index (χ1v) is 6.51. The lowest BCUT2D eigenvalue weighted by Crippen LogP contribution is -2.20. The SMILES string of the molecule is O=C(Nc1cccc(Br)c1)Nc1ccccc1C(=O)O. The van der Waals surface area contributed by atoms with Crippen LogP contribution in [0.2, 0.25) is 0 Å². The van der Waals surface area contributed by atoms with E-state index < -0.39 is 12.0 Å². The van der Waals surface area contributed by atoms with E-state index in [1.54, 1.807) is 30.3 Å². The molecule has 0 aliphatic carbocycles. The Morgan fingerprint density at radius 1 is 1.00 bits per heavy atom. The Balaban J connectivity index is 2.11. The zero-order chi connectivity index (χ0) is 14.5. The van der Waals surface area contributed by atoms with E-state index in [-0.39, 0.29) is 11.3 Å². The molecule has 20 heavy (non-hydrogen) atoms. The van der Waals surface area contributed by atoms with Crippen molar-refractivity contribution in [3.05, 3.63) is 58.6 Å². The molecule has 0 fully saturated rings. The molecule has 0 bridgehead atoms. The number of hydrogen-bond donors (Lipinski definition) is 3. The summed E-state index contributed by atoms with van der Waals surface area (Å²) in [6.07, 6.45) is 0. The van der Waals surface area contributed by atoms with Crippen LogP contribution in [0, 0.1) is 0 Å². The fraction of sp³-hybridized carbons (Fsp3) is 0. The van der Waals surface area contributed by atoms with Gasteiger partial charge >= 0.3 is 12.0 Å². The Hall–Kier alpha value is -2.34. The van der Waals surface area contributed by atoms with Crippen LogP contribution in [-0.2, 0) is 0 Å². The molecule has 0 saturated carbocycles. The van der Waals surface area contributed by atoms with Gasteiger partial charge in [-0.25, -0.2) is 9.59 Å². The van der Waals surface area contributed by atoms with E-state index in [0.29, 0.717) is 5.69 Å². The molecule has 102 valence electrons. The van der Waals surface area contributed by atoms with Crippen molar-refractivity contribution >= 4 is 39.3 Å². The molecule has 2 rings (SSSR count). The number of nitrogens with one attached hydrogen (secondary N) is 2. The Labute approximate surface area is 123 Å². The molecule has 3 N–H and O–H groups in total. The van der Waals surface area contributed by atoms with Gasteiger partial charge in [-0.3, -0.25) is 0 Å². The number of urea groups is 1. The minimum Gasteiger partial charge on any atom is -0.478 e. The summed E-state index contributed by atoms with van der Waals surface area (Å²) < 4.78 is 0.834. The van der Waals surface area contributed by atoms with Crippen molar-refractivity contribution in [2.45, 2.75) is 0 Å². The number of carbonyl (C=O) groups is 2. The molecule has 2 aromatic rings. The Morgan fingerprint density at radius 3 is 2.45 bits per heavy atom. The molecule has 5 nitrogen and oxygen atoms in total. The van der Waals surface area contributed by atoms with Gasteiger partial charge in [-0.1, -0.05) is 34.1 Å². The van der Waals surface area contributed by atoms with Gasteiger partial charge in [-0.15, -0.1) is 0 Å². The van der Waals surface area contributed by atoms with Gasteiger partial charge in [0.05, 0.1) is 11.3 Å². The minimum atomic E-state index is -1.09. The van der Waals surface area contributed by atoms with Crippen molar-refractivity contribution in [1.29, 1.82) is 0 Å². The fourth-order valence-electron chi connectivity index (χ4n) is 1.63. The lowest BCUT2D eigenvalue weighted by atomic mass is 10.2. The summed E-state index contributed by atoms with van der Waals surface area (Å²) >= 11 is 3.30. The predicted octanol–water partition coefficient (Wildman–Crippen LogP) is 3.79. The minimum absolute atomic E-state index is 0.0388. The first-order chi connectivity index (χ1) is 9.56. The molecule has 2 amide bonds. The predicted molar refractivity (Wildman–Crippen MR) is 80.2 cm³/mol. The average molecular weight is 335 g/mol. The summed E-state index contributed by atoms with van der Waals surface area (Å²) in [7, 11) is 0. The first-order valence-electron chi connectivity index (χ1n) is 5.72.